The van der Waals surface area contributed by atoms with Gasteiger partial charge in [0.25, 0.3) is 0 Å². The van der Waals surface area contributed by atoms with Crippen molar-refractivity contribution >= 4 is 23.5 Å². The van der Waals surface area contributed by atoms with Crippen molar-refractivity contribution in [1.29, 1.82) is 0 Å². The molecule has 0 aromatic heterocycles. The van der Waals surface area contributed by atoms with E-state index in [1.807, 2.05) is 31.2 Å². The Morgan fingerprint density at radius 2 is 1.81 bits per heavy atom. The van der Waals surface area contributed by atoms with Crippen molar-refractivity contribution in [1.82, 2.24) is 0 Å². The van der Waals surface area contributed by atoms with Gasteiger partial charge >= 0.3 is 6.18 Å². The summed E-state index contributed by atoms with van der Waals surface area (Å²) in [5, 5.41) is 4.39. The predicted molar refractivity (Wildman–Crippen MR) is 116 cm³/mol. The lowest BCUT2D eigenvalue weighted by molar-refractivity contribution is -0.137. The Hall–Kier alpha value is -3.19. The van der Waals surface area contributed by atoms with Gasteiger partial charge < -0.3 is 9.47 Å². The minimum atomic E-state index is -4.38. The van der Waals surface area contributed by atoms with Crippen LogP contribution in [0, 0.1) is 6.92 Å². The Bertz CT molecular complexity index is 1070. The van der Waals surface area contributed by atoms with Gasteiger partial charge in [0.2, 0.25) is 0 Å². The fourth-order valence-corrected chi connectivity index (χ4v) is 3.10. The number of rotatable bonds is 7. The van der Waals surface area contributed by atoms with E-state index < -0.39 is 11.7 Å². The number of nitrogens with zero attached hydrogens (tertiary/aromatic N) is 1. The van der Waals surface area contributed by atoms with Crippen LogP contribution in [0.15, 0.2) is 65.8 Å². The van der Waals surface area contributed by atoms with Crippen LogP contribution in [0.5, 0.6) is 11.5 Å². The molecule has 0 saturated carbocycles. The molecular formula is C23H20ClF3N2O2. The molecule has 0 heterocycles. The number of anilines is 1. The van der Waals surface area contributed by atoms with Crippen LogP contribution < -0.4 is 14.9 Å². The molecular weight excluding hydrogens is 429 g/mol. The van der Waals surface area contributed by atoms with E-state index in [4.69, 9.17) is 21.1 Å². The fourth-order valence-electron chi connectivity index (χ4n) is 2.83. The third kappa shape index (κ3) is 6.15. The summed E-state index contributed by atoms with van der Waals surface area (Å²) < 4.78 is 49.1. The van der Waals surface area contributed by atoms with Crippen molar-refractivity contribution in [3.8, 4) is 11.5 Å². The van der Waals surface area contributed by atoms with Gasteiger partial charge in [-0.2, -0.15) is 18.3 Å². The average molecular weight is 449 g/mol. The van der Waals surface area contributed by atoms with Crippen LogP contribution in [0.1, 0.15) is 22.3 Å². The minimum Gasteiger partial charge on any atom is -0.493 e. The van der Waals surface area contributed by atoms with Crippen LogP contribution >= 0.6 is 11.6 Å². The van der Waals surface area contributed by atoms with E-state index in [0.29, 0.717) is 34.4 Å². The van der Waals surface area contributed by atoms with Gasteiger partial charge in [0.1, 0.15) is 6.61 Å². The van der Waals surface area contributed by atoms with Crippen molar-refractivity contribution in [2.24, 2.45) is 5.10 Å². The maximum atomic E-state index is 12.6. The zero-order chi connectivity index (χ0) is 22.4. The number of hydrogen-bond donors (Lipinski definition) is 1. The van der Waals surface area contributed by atoms with Crippen molar-refractivity contribution in [3.05, 3.63) is 87.9 Å². The summed E-state index contributed by atoms with van der Waals surface area (Å²) in [5.41, 5.74) is 5.14. The number of hydrogen-bond acceptors (Lipinski definition) is 4. The van der Waals surface area contributed by atoms with Crippen molar-refractivity contribution in [2.45, 2.75) is 19.7 Å². The fraction of sp³-hybridized carbons (Fsp3) is 0.174. The first kappa shape index (κ1) is 22.5. The average Bonchev–Trinajstić information content (AvgIpc) is 2.72. The SMILES string of the molecule is COc1cc(/C=N/Nc2ccc(C(F)(F)F)cc2)cc(Cl)c1OCc1cccc(C)c1. The molecule has 0 spiro atoms. The summed E-state index contributed by atoms with van der Waals surface area (Å²) in [6.07, 6.45) is -2.89. The van der Waals surface area contributed by atoms with Crippen LogP contribution in [-0.2, 0) is 12.8 Å². The van der Waals surface area contributed by atoms with Crippen molar-refractivity contribution in [2.75, 3.05) is 12.5 Å². The molecule has 3 rings (SSSR count). The van der Waals surface area contributed by atoms with E-state index in [1.165, 1.54) is 25.5 Å². The zero-order valence-electron chi connectivity index (χ0n) is 16.8. The van der Waals surface area contributed by atoms with Gasteiger partial charge in [-0.25, -0.2) is 0 Å². The lowest BCUT2D eigenvalue weighted by Gasteiger charge is -2.13. The van der Waals surface area contributed by atoms with E-state index in [1.54, 1.807) is 12.1 Å². The molecule has 0 fully saturated rings. The number of alkyl halides is 3. The number of aryl methyl sites for hydroxylation is 1. The molecule has 3 aromatic rings. The van der Waals surface area contributed by atoms with E-state index in [0.717, 1.165) is 23.3 Å². The molecule has 0 aliphatic rings. The Labute approximate surface area is 183 Å². The van der Waals surface area contributed by atoms with E-state index in [2.05, 4.69) is 10.5 Å². The monoisotopic (exact) mass is 448 g/mol. The van der Waals surface area contributed by atoms with Crippen LogP contribution in [0.3, 0.4) is 0 Å². The highest BCUT2D eigenvalue weighted by atomic mass is 35.5. The summed E-state index contributed by atoms with van der Waals surface area (Å²) in [4.78, 5) is 0. The molecule has 1 N–H and O–H groups in total. The molecule has 3 aromatic carbocycles. The Morgan fingerprint density at radius 3 is 2.45 bits per heavy atom. The van der Waals surface area contributed by atoms with Gasteiger partial charge in [0, 0.05) is 0 Å². The standard InChI is InChI=1S/C23H20ClF3N2O2/c1-15-4-3-5-16(10-15)14-31-22-20(24)11-17(12-21(22)30-2)13-28-29-19-8-6-18(7-9-19)23(25,26)27/h3-13,29H,14H2,1-2H3/b28-13+. The highest BCUT2D eigenvalue weighted by Crippen LogP contribution is 2.36. The number of ether oxygens (including phenoxy) is 2. The summed E-state index contributed by atoms with van der Waals surface area (Å²) >= 11 is 6.37. The first-order chi connectivity index (χ1) is 14.8. The normalized spacial score (nSPS) is 11.5. The number of hydrazone groups is 1. The Morgan fingerprint density at radius 1 is 1.06 bits per heavy atom. The topological polar surface area (TPSA) is 42.8 Å². The lowest BCUT2D eigenvalue weighted by atomic mass is 10.1. The van der Waals surface area contributed by atoms with Crippen LogP contribution in [0.2, 0.25) is 5.02 Å². The van der Waals surface area contributed by atoms with Crippen LogP contribution in [0.25, 0.3) is 0 Å². The van der Waals surface area contributed by atoms with E-state index in [9.17, 15) is 13.2 Å². The van der Waals surface area contributed by atoms with Gasteiger partial charge in [-0.15, -0.1) is 0 Å². The largest absolute Gasteiger partial charge is 0.493 e. The molecule has 0 amide bonds. The molecule has 8 heteroatoms. The molecule has 0 bridgehead atoms. The van der Waals surface area contributed by atoms with Gasteiger partial charge in [-0.05, 0) is 54.4 Å². The molecule has 0 atom stereocenters. The van der Waals surface area contributed by atoms with Gasteiger partial charge in [0.15, 0.2) is 11.5 Å². The molecule has 31 heavy (non-hydrogen) atoms. The third-order valence-electron chi connectivity index (χ3n) is 4.34. The van der Waals surface area contributed by atoms with Crippen LogP contribution in [0.4, 0.5) is 18.9 Å². The predicted octanol–water partition coefficient (Wildman–Crippen LogP) is 6.70. The molecule has 4 nitrogen and oxygen atoms in total. The number of methoxy groups -OCH3 is 1. The molecule has 0 aliphatic heterocycles. The quantitative estimate of drug-likeness (QED) is 0.323. The first-order valence-corrected chi connectivity index (χ1v) is 9.66. The van der Waals surface area contributed by atoms with Gasteiger partial charge in [-0.1, -0.05) is 41.4 Å². The number of nitrogens with one attached hydrogen (secondary N) is 1. The van der Waals surface area contributed by atoms with E-state index in [-0.39, 0.29) is 0 Å². The number of halogens is 4. The summed E-state index contributed by atoms with van der Waals surface area (Å²) in [6, 6.07) is 15.9. The van der Waals surface area contributed by atoms with Gasteiger partial charge in [0.05, 0.1) is 29.6 Å². The molecule has 0 saturated heterocycles. The maximum absolute atomic E-state index is 12.6. The zero-order valence-corrected chi connectivity index (χ0v) is 17.6. The van der Waals surface area contributed by atoms with E-state index >= 15 is 0 Å². The van der Waals surface area contributed by atoms with Crippen LogP contribution in [-0.4, -0.2) is 13.3 Å². The van der Waals surface area contributed by atoms with Crippen molar-refractivity contribution < 1.29 is 22.6 Å². The summed E-state index contributed by atoms with van der Waals surface area (Å²) in [6.45, 7) is 2.34. The molecule has 0 unspecified atom stereocenters. The van der Waals surface area contributed by atoms with Gasteiger partial charge in [-0.3, -0.25) is 5.43 Å². The highest BCUT2D eigenvalue weighted by Gasteiger charge is 2.29. The minimum absolute atomic E-state index is 0.334. The third-order valence-corrected chi connectivity index (χ3v) is 4.62. The Kier molecular flexibility index (Phi) is 7.07. The van der Waals surface area contributed by atoms with Crippen molar-refractivity contribution in [3.63, 3.8) is 0 Å². The molecule has 0 radical (unpaired) electrons. The molecule has 162 valence electrons. The second kappa shape index (κ2) is 9.75. The first-order valence-electron chi connectivity index (χ1n) is 9.28. The second-order valence-corrected chi connectivity index (χ2v) is 7.16. The highest BCUT2D eigenvalue weighted by molar-refractivity contribution is 6.32. The second-order valence-electron chi connectivity index (χ2n) is 6.76. The Balaban J connectivity index is 1.69. The summed E-state index contributed by atoms with van der Waals surface area (Å²) in [7, 11) is 1.51. The maximum Gasteiger partial charge on any atom is 0.416 e. The summed E-state index contributed by atoms with van der Waals surface area (Å²) in [5.74, 6) is 0.856. The molecule has 0 aliphatic carbocycles. The smallest absolute Gasteiger partial charge is 0.416 e. The number of benzene rings is 3. The lowest BCUT2D eigenvalue weighted by Crippen LogP contribution is -2.04.